The average Bonchev–Trinajstić information content (AvgIpc) is 2.98. The van der Waals surface area contributed by atoms with Crippen molar-refractivity contribution in [3.05, 3.63) is 0 Å². The Morgan fingerprint density at radius 1 is 1.44 bits per heavy atom. The Labute approximate surface area is 97.3 Å². The second-order valence-corrected chi connectivity index (χ2v) is 4.95. The number of nitrogens with zero attached hydrogens (tertiary/aromatic N) is 1. The molecule has 1 atom stereocenters. The molecule has 1 N–H and O–H groups in total. The maximum absolute atomic E-state index is 12.1. The van der Waals surface area contributed by atoms with Gasteiger partial charge in [0, 0.05) is 20.3 Å². The summed E-state index contributed by atoms with van der Waals surface area (Å²) >= 11 is 0. The SMILES string of the molecule is COCCCCCN1C(=O)C2(CC2)NC1C. The normalized spacial score (nSPS) is 26.8. The summed E-state index contributed by atoms with van der Waals surface area (Å²) in [6.45, 7) is 3.80. The molecule has 2 aliphatic rings. The molecule has 0 aromatic heterocycles. The molecule has 4 nitrogen and oxygen atoms in total. The van der Waals surface area contributed by atoms with Crippen molar-refractivity contribution < 1.29 is 9.53 Å². The highest BCUT2D eigenvalue weighted by Crippen LogP contribution is 2.41. The zero-order valence-corrected chi connectivity index (χ0v) is 10.3. The van der Waals surface area contributed by atoms with E-state index < -0.39 is 0 Å². The minimum absolute atomic E-state index is 0.147. The quantitative estimate of drug-likeness (QED) is 0.690. The van der Waals surface area contributed by atoms with Gasteiger partial charge in [0.2, 0.25) is 5.91 Å². The number of nitrogens with one attached hydrogen (secondary N) is 1. The summed E-state index contributed by atoms with van der Waals surface area (Å²) < 4.78 is 5.01. The van der Waals surface area contributed by atoms with E-state index in [0.29, 0.717) is 5.91 Å². The van der Waals surface area contributed by atoms with Gasteiger partial charge < -0.3 is 9.64 Å². The maximum atomic E-state index is 12.1. The minimum Gasteiger partial charge on any atom is -0.385 e. The topological polar surface area (TPSA) is 41.6 Å². The Balaban J connectivity index is 1.71. The molecule has 1 amide bonds. The third kappa shape index (κ3) is 2.23. The van der Waals surface area contributed by atoms with E-state index in [1.807, 2.05) is 4.90 Å². The van der Waals surface area contributed by atoms with Gasteiger partial charge in [-0.1, -0.05) is 0 Å². The van der Waals surface area contributed by atoms with Crippen LogP contribution in [0.1, 0.15) is 39.0 Å². The summed E-state index contributed by atoms with van der Waals surface area (Å²) in [6, 6.07) is 0. The summed E-state index contributed by atoms with van der Waals surface area (Å²) in [5.74, 6) is 0.326. The number of amides is 1. The van der Waals surface area contributed by atoms with E-state index in [2.05, 4.69) is 12.2 Å². The molecule has 1 aliphatic heterocycles. The molecule has 2 rings (SSSR count). The summed E-state index contributed by atoms with van der Waals surface area (Å²) in [6.07, 6.45) is 5.57. The maximum Gasteiger partial charge on any atom is 0.244 e. The minimum atomic E-state index is -0.147. The van der Waals surface area contributed by atoms with Gasteiger partial charge in [-0.05, 0) is 39.0 Å². The number of methoxy groups -OCH3 is 1. The average molecular weight is 226 g/mol. The molecule has 1 spiro atoms. The van der Waals surface area contributed by atoms with Crippen LogP contribution in [0.3, 0.4) is 0 Å². The smallest absolute Gasteiger partial charge is 0.244 e. The third-order valence-electron chi connectivity index (χ3n) is 3.62. The number of ether oxygens (including phenoxy) is 1. The molecule has 0 aromatic rings. The van der Waals surface area contributed by atoms with Crippen LogP contribution in [0.15, 0.2) is 0 Å². The molecule has 1 heterocycles. The molecule has 1 unspecified atom stereocenters. The fraction of sp³-hybridized carbons (Fsp3) is 0.917. The standard InChI is InChI=1S/C12H22N2O2/c1-10-13-12(6-7-12)11(15)14(10)8-4-3-5-9-16-2/h10,13H,3-9H2,1-2H3. The van der Waals surface area contributed by atoms with E-state index >= 15 is 0 Å². The predicted octanol–water partition coefficient (Wildman–Crippen LogP) is 1.11. The van der Waals surface area contributed by atoms with Crippen LogP contribution in [-0.2, 0) is 9.53 Å². The van der Waals surface area contributed by atoms with E-state index in [1.54, 1.807) is 7.11 Å². The molecule has 92 valence electrons. The highest BCUT2D eigenvalue weighted by molar-refractivity contribution is 5.91. The van der Waals surface area contributed by atoms with Gasteiger partial charge in [-0.2, -0.15) is 0 Å². The molecule has 1 saturated heterocycles. The van der Waals surface area contributed by atoms with Crippen LogP contribution in [0.5, 0.6) is 0 Å². The van der Waals surface area contributed by atoms with Crippen LogP contribution < -0.4 is 5.32 Å². The molecule has 16 heavy (non-hydrogen) atoms. The van der Waals surface area contributed by atoms with Gasteiger partial charge >= 0.3 is 0 Å². The number of hydrogen-bond acceptors (Lipinski definition) is 3. The van der Waals surface area contributed by atoms with Gasteiger partial charge in [0.15, 0.2) is 0 Å². The van der Waals surface area contributed by atoms with Gasteiger partial charge in [0.25, 0.3) is 0 Å². The number of rotatable bonds is 6. The first-order valence-electron chi connectivity index (χ1n) is 6.27. The zero-order chi connectivity index (χ0) is 11.6. The molecule has 2 fully saturated rings. The van der Waals surface area contributed by atoms with Gasteiger partial charge in [0.1, 0.15) is 0 Å². The lowest BCUT2D eigenvalue weighted by molar-refractivity contribution is -0.130. The second-order valence-electron chi connectivity index (χ2n) is 4.95. The Bertz CT molecular complexity index is 264. The Kier molecular flexibility index (Phi) is 3.50. The highest BCUT2D eigenvalue weighted by Gasteiger charge is 2.57. The predicted molar refractivity (Wildman–Crippen MR) is 62.0 cm³/mol. The van der Waals surface area contributed by atoms with Crippen LogP contribution in [-0.4, -0.2) is 42.8 Å². The van der Waals surface area contributed by atoms with Crippen LogP contribution in [0.4, 0.5) is 0 Å². The van der Waals surface area contributed by atoms with Crippen LogP contribution in [0.25, 0.3) is 0 Å². The molecule has 4 heteroatoms. The lowest BCUT2D eigenvalue weighted by Crippen LogP contribution is -2.35. The van der Waals surface area contributed by atoms with Crippen LogP contribution >= 0.6 is 0 Å². The van der Waals surface area contributed by atoms with Gasteiger partial charge in [-0.3, -0.25) is 10.1 Å². The first-order valence-corrected chi connectivity index (χ1v) is 6.27. The fourth-order valence-electron chi connectivity index (χ4n) is 2.47. The van der Waals surface area contributed by atoms with E-state index in [4.69, 9.17) is 4.74 Å². The van der Waals surface area contributed by atoms with Crippen molar-refractivity contribution in [3.8, 4) is 0 Å². The highest BCUT2D eigenvalue weighted by atomic mass is 16.5. The molecular formula is C12H22N2O2. The van der Waals surface area contributed by atoms with E-state index in [-0.39, 0.29) is 11.7 Å². The van der Waals surface area contributed by atoms with Crippen molar-refractivity contribution in [2.24, 2.45) is 0 Å². The number of carbonyl (C=O) groups excluding carboxylic acids is 1. The lowest BCUT2D eigenvalue weighted by atomic mass is 10.2. The summed E-state index contributed by atoms with van der Waals surface area (Å²) in [5, 5.41) is 3.41. The summed E-state index contributed by atoms with van der Waals surface area (Å²) in [4.78, 5) is 14.1. The molecule has 0 bridgehead atoms. The fourth-order valence-corrected chi connectivity index (χ4v) is 2.47. The largest absolute Gasteiger partial charge is 0.385 e. The van der Waals surface area contributed by atoms with Crippen molar-refractivity contribution in [3.63, 3.8) is 0 Å². The molecule has 1 saturated carbocycles. The Morgan fingerprint density at radius 3 is 2.75 bits per heavy atom. The second kappa shape index (κ2) is 4.72. The van der Waals surface area contributed by atoms with Crippen molar-refractivity contribution in [2.75, 3.05) is 20.3 Å². The monoisotopic (exact) mass is 226 g/mol. The Hall–Kier alpha value is -0.610. The summed E-state index contributed by atoms with van der Waals surface area (Å²) in [5.41, 5.74) is -0.147. The lowest BCUT2D eigenvalue weighted by Gasteiger charge is -2.20. The molecule has 0 radical (unpaired) electrons. The van der Waals surface area contributed by atoms with Crippen molar-refractivity contribution in [2.45, 2.75) is 50.7 Å². The van der Waals surface area contributed by atoms with Crippen molar-refractivity contribution in [1.29, 1.82) is 0 Å². The number of hydrogen-bond donors (Lipinski definition) is 1. The molecule has 1 aliphatic carbocycles. The van der Waals surface area contributed by atoms with E-state index in [0.717, 1.165) is 45.3 Å². The van der Waals surface area contributed by atoms with E-state index in [9.17, 15) is 4.79 Å². The van der Waals surface area contributed by atoms with E-state index in [1.165, 1.54) is 0 Å². The number of carbonyl (C=O) groups is 1. The van der Waals surface area contributed by atoms with Crippen LogP contribution in [0.2, 0.25) is 0 Å². The summed E-state index contributed by atoms with van der Waals surface area (Å²) in [7, 11) is 1.73. The van der Waals surface area contributed by atoms with Gasteiger partial charge in [0.05, 0.1) is 11.7 Å². The van der Waals surface area contributed by atoms with Crippen LogP contribution in [0, 0.1) is 0 Å². The first kappa shape index (κ1) is 11.9. The third-order valence-corrected chi connectivity index (χ3v) is 3.62. The first-order chi connectivity index (χ1) is 7.69. The molecule has 0 aromatic carbocycles. The molecular weight excluding hydrogens is 204 g/mol. The van der Waals surface area contributed by atoms with Gasteiger partial charge in [-0.15, -0.1) is 0 Å². The van der Waals surface area contributed by atoms with Gasteiger partial charge in [-0.25, -0.2) is 0 Å². The number of unbranched alkanes of at least 4 members (excludes halogenated alkanes) is 2. The zero-order valence-electron chi connectivity index (χ0n) is 10.3. The Morgan fingerprint density at radius 2 is 2.19 bits per heavy atom. The van der Waals surface area contributed by atoms with Crippen molar-refractivity contribution >= 4 is 5.91 Å². The van der Waals surface area contributed by atoms with Crippen molar-refractivity contribution in [1.82, 2.24) is 10.2 Å².